The van der Waals surface area contributed by atoms with Gasteiger partial charge in [0.2, 0.25) is 30.0 Å². The van der Waals surface area contributed by atoms with E-state index in [1.807, 2.05) is 30.5 Å². The van der Waals surface area contributed by atoms with Crippen LogP contribution in [0.5, 0.6) is 17.4 Å². The van der Waals surface area contributed by atoms with Crippen molar-refractivity contribution in [3.8, 4) is 28.6 Å². The van der Waals surface area contributed by atoms with E-state index in [1.165, 1.54) is 23.6 Å². The van der Waals surface area contributed by atoms with Crippen LogP contribution in [0.4, 0.5) is 5.69 Å². The number of amides is 1. The SMILES string of the molecule is CSc1nnc2c(n1)O[C@@H](c1cc3c(cc1Cl)OCO3)N(C(C)=O)c1ccccc1-2. The van der Waals surface area contributed by atoms with Crippen LogP contribution >= 0.6 is 23.4 Å². The summed E-state index contributed by atoms with van der Waals surface area (Å²) in [4.78, 5) is 18.8. The second-order valence-electron chi connectivity index (χ2n) is 6.56. The summed E-state index contributed by atoms with van der Waals surface area (Å²) in [5, 5.41) is 9.29. The molecule has 2 aromatic carbocycles. The Labute approximate surface area is 181 Å². The monoisotopic (exact) mass is 442 g/mol. The zero-order valence-electron chi connectivity index (χ0n) is 16.0. The Kier molecular flexibility index (Phi) is 4.63. The minimum atomic E-state index is -0.890. The number of para-hydroxylation sites is 1. The van der Waals surface area contributed by atoms with E-state index in [2.05, 4.69) is 15.2 Å². The highest BCUT2D eigenvalue weighted by Gasteiger charge is 2.36. The summed E-state index contributed by atoms with van der Waals surface area (Å²) in [6.45, 7) is 1.58. The van der Waals surface area contributed by atoms with Crippen LogP contribution in [-0.2, 0) is 4.79 Å². The maximum atomic E-state index is 12.8. The molecule has 0 unspecified atom stereocenters. The molecule has 0 spiro atoms. The topological polar surface area (TPSA) is 86.7 Å². The summed E-state index contributed by atoms with van der Waals surface area (Å²) in [6, 6.07) is 10.8. The number of benzene rings is 2. The smallest absolute Gasteiger partial charge is 0.247 e. The van der Waals surface area contributed by atoms with Gasteiger partial charge in [0.15, 0.2) is 17.2 Å². The lowest BCUT2D eigenvalue weighted by atomic mass is 10.1. The third kappa shape index (κ3) is 3.01. The van der Waals surface area contributed by atoms with Crippen LogP contribution in [0.15, 0.2) is 41.6 Å². The molecule has 5 rings (SSSR count). The summed E-state index contributed by atoms with van der Waals surface area (Å²) >= 11 is 7.92. The number of fused-ring (bicyclic) bond motifs is 4. The van der Waals surface area contributed by atoms with Crippen molar-refractivity contribution in [1.29, 1.82) is 0 Å². The number of hydrogen-bond acceptors (Lipinski definition) is 8. The summed E-state index contributed by atoms with van der Waals surface area (Å²) < 4.78 is 17.2. The summed E-state index contributed by atoms with van der Waals surface area (Å²) in [5.41, 5.74) is 2.31. The summed E-state index contributed by atoms with van der Waals surface area (Å²) in [6.07, 6.45) is 0.959. The molecule has 0 fully saturated rings. The lowest BCUT2D eigenvalue weighted by Crippen LogP contribution is -2.36. The van der Waals surface area contributed by atoms with Gasteiger partial charge >= 0.3 is 0 Å². The van der Waals surface area contributed by atoms with Gasteiger partial charge in [0.1, 0.15) is 0 Å². The number of carbonyl (C=O) groups is 1. The molecule has 10 heteroatoms. The van der Waals surface area contributed by atoms with Crippen molar-refractivity contribution in [1.82, 2.24) is 15.2 Å². The first-order valence-corrected chi connectivity index (χ1v) is 10.6. The zero-order chi connectivity index (χ0) is 20.8. The minimum Gasteiger partial charge on any atom is -0.454 e. The highest BCUT2D eigenvalue weighted by Crippen LogP contribution is 2.46. The molecular formula is C20H15ClN4O4S. The van der Waals surface area contributed by atoms with Crippen molar-refractivity contribution in [3.05, 3.63) is 47.0 Å². The number of halogens is 1. The lowest BCUT2D eigenvalue weighted by molar-refractivity contribution is -0.118. The fourth-order valence-corrected chi connectivity index (χ4v) is 4.01. The molecule has 0 saturated carbocycles. The first-order chi connectivity index (χ1) is 14.6. The van der Waals surface area contributed by atoms with Gasteiger partial charge in [-0.05, 0) is 18.4 Å². The van der Waals surface area contributed by atoms with E-state index in [0.29, 0.717) is 44.2 Å². The molecule has 152 valence electrons. The van der Waals surface area contributed by atoms with Crippen molar-refractivity contribution in [2.75, 3.05) is 17.9 Å². The fourth-order valence-electron chi connectivity index (χ4n) is 3.46. The van der Waals surface area contributed by atoms with Gasteiger partial charge in [0.05, 0.1) is 10.7 Å². The maximum absolute atomic E-state index is 12.8. The summed E-state index contributed by atoms with van der Waals surface area (Å²) in [7, 11) is 0. The number of anilines is 1. The highest BCUT2D eigenvalue weighted by atomic mass is 35.5. The van der Waals surface area contributed by atoms with Crippen LogP contribution in [0.2, 0.25) is 5.02 Å². The molecule has 1 amide bonds. The van der Waals surface area contributed by atoms with Gasteiger partial charge in [-0.2, -0.15) is 4.98 Å². The van der Waals surface area contributed by atoms with Gasteiger partial charge in [0, 0.05) is 24.1 Å². The molecular weight excluding hydrogens is 428 g/mol. The predicted octanol–water partition coefficient (Wildman–Crippen LogP) is 4.09. The number of thioether (sulfide) groups is 1. The van der Waals surface area contributed by atoms with E-state index in [9.17, 15) is 4.79 Å². The molecule has 0 saturated heterocycles. The Balaban J connectivity index is 1.75. The normalized spacial score (nSPS) is 16.4. The molecule has 0 radical (unpaired) electrons. The number of rotatable bonds is 2. The summed E-state index contributed by atoms with van der Waals surface area (Å²) in [5.74, 6) is 1.11. The number of carbonyl (C=O) groups excluding carboxylic acids is 1. The first-order valence-electron chi connectivity index (χ1n) is 9.00. The average Bonchev–Trinajstić information content (AvgIpc) is 3.14. The van der Waals surface area contributed by atoms with Crippen molar-refractivity contribution >= 4 is 35.0 Å². The quantitative estimate of drug-likeness (QED) is 0.548. The highest BCUT2D eigenvalue weighted by molar-refractivity contribution is 7.98. The van der Waals surface area contributed by atoms with Gasteiger partial charge in [-0.3, -0.25) is 9.69 Å². The number of hydrogen-bond donors (Lipinski definition) is 0. The van der Waals surface area contributed by atoms with Crippen LogP contribution < -0.4 is 19.1 Å². The second kappa shape index (κ2) is 7.33. The average molecular weight is 443 g/mol. The molecule has 2 aliphatic heterocycles. The van der Waals surface area contributed by atoms with Crippen molar-refractivity contribution in [3.63, 3.8) is 0 Å². The number of ether oxygens (including phenoxy) is 3. The molecule has 0 N–H and O–H groups in total. The van der Waals surface area contributed by atoms with E-state index in [1.54, 1.807) is 12.1 Å². The first kappa shape index (κ1) is 19.0. The Morgan fingerprint density at radius 2 is 1.97 bits per heavy atom. The molecule has 0 aliphatic carbocycles. The van der Waals surface area contributed by atoms with Gasteiger partial charge in [0.25, 0.3) is 0 Å². The van der Waals surface area contributed by atoms with Crippen LogP contribution in [0.3, 0.4) is 0 Å². The van der Waals surface area contributed by atoms with Crippen molar-refractivity contribution in [2.24, 2.45) is 0 Å². The van der Waals surface area contributed by atoms with Crippen LogP contribution in [-0.4, -0.2) is 34.1 Å². The third-order valence-corrected chi connectivity index (χ3v) is 5.66. The molecule has 0 bridgehead atoms. The van der Waals surface area contributed by atoms with Gasteiger partial charge in [-0.25, -0.2) is 0 Å². The Bertz CT molecular complexity index is 1180. The van der Waals surface area contributed by atoms with E-state index >= 15 is 0 Å². The van der Waals surface area contributed by atoms with Crippen molar-refractivity contribution < 1.29 is 19.0 Å². The minimum absolute atomic E-state index is 0.108. The molecule has 3 aromatic rings. The number of nitrogens with zero attached hydrogens (tertiary/aromatic N) is 4. The number of aromatic nitrogens is 3. The van der Waals surface area contributed by atoms with Gasteiger partial charge < -0.3 is 14.2 Å². The Hall–Kier alpha value is -3.04. The third-order valence-electron chi connectivity index (χ3n) is 4.79. The predicted molar refractivity (Wildman–Crippen MR) is 111 cm³/mol. The van der Waals surface area contributed by atoms with E-state index < -0.39 is 6.23 Å². The second-order valence-corrected chi connectivity index (χ2v) is 7.74. The van der Waals surface area contributed by atoms with E-state index in [-0.39, 0.29) is 18.6 Å². The molecule has 3 heterocycles. The largest absolute Gasteiger partial charge is 0.454 e. The molecule has 8 nitrogen and oxygen atoms in total. The van der Waals surface area contributed by atoms with Crippen LogP contribution in [0.25, 0.3) is 11.3 Å². The van der Waals surface area contributed by atoms with Crippen LogP contribution in [0, 0.1) is 0 Å². The standard InChI is InChI=1S/C20H15ClN4O4S/c1-10(26)25-14-6-4-3-5-11(14)17-18(22-20(30-2)24-23-17)29-19(25)12-7-15-16(8-13(12)21)28-9-27-15/h3-8,19H,9H2,1-2H3/t19-/m0/s1. The Morgan fingerprint density at radius 3 is 2.73 bits per heavy atom. The van der Waals surface area contributed by atoms with Gasteiger partial charge in [-0.15, -0.1) is 10.2 Å². The van der Waals surface area contributed by atoms with Crippen molar-refractivity contribution in [2.45, 2.75) is 18.3 Å². The molecule has 1 atom stereocenters. The van der Waals surface area contributed by atoms with Crippen LogP contribution in [0.1, 0.15) is 18.7 Å². The molecule has 2 aliphatic rings. The molecule has 1 aromatic heterocycles. The lowest BCUT2D eigenvalue weighted by Gasteiger charge is -2.30. The van der Waals surface area contributed by atoms with E-state index in [4.69, 9.17) is 25.8 Å². The van der Waals surface area contributed by atoms with E-state index in [0.717, 1.165) is 0 Å². The van der Waals surface area contributed by atoms with Gasteiger partial charge in [-0.1, -0.05) is 41.6 Å². The Morgan fingerprint density at radius 1 is 1.20 bits per heavy atom. The zero-order valence-corrected chi connectivity index (χ0v) is 17.5. The maximum Gasteiger partial charge on any atom is 0.247 e. The fraction of sp³-hybridized carbons (Fsp3) is 0.200. The molecule has 30 heavy (non-hydrogen) atoms.